The molecule has 3 atom stereocenters. The van der Waals surface area contributed by atoms with Gasteiger partial charge in [0.05, 0.1) is 39.0 Å². The Morgan fingerprint density at radius 2 is 1.64 bits per heavy atom. The molecule has 3 heterocycles. The van der Waals surface area contributed by atoms with Crippen LogP contribution in [0.4, 0.5) is 5.69 Å². The fourth-order valence-corrected chi connectivity index (χ4v) is 6.96. The molecule has 1 amide bonds. The Morgan fingerprint density at radius 1 is 0.932 bits per heavy atom. The molecule has 44 heavy (non-hydrogen) atoms. The molecule has 3 aromatic carbocycles. The third-order valence-corrected chi connectivity index (χ3v) is 8.69. The fourth-order valence-electron chi connectivity index (χ4n) is 6.79. The summed E-state index contributed by atoms with van der Waals surface area (Å²) in [6.07, 6.45) is 3.41. The normalized spacial score (nSPS) is 21.5. The van der Waals surface area contributed by atoms with Gasteiger partial charge in [0.1, 0.15) is 17.0 Å². The first-order chi connectivity index (χ1) is 21.3. The van der Waals surface area contributed by atoms with E-state index in [0.717, 1.165) is 18.2 Å². The number of carbonyl (C=O) groups excluding carboxylic acids is 4. The number of benzene rings is 3. The van der Waals surface area contributed by atoms with E-state index in [4.69, 9.17) is 25.8 Å². The molecule has 0 radical (unpaired) electrons. The Bertz CT molecular complexity index is 1750. The number of halogens is 1. The van der Waals surface area contributed by atoms with Gasteiger partial charge in [0.25, 0.3) is 0 Å². The number of rotatable bonds is 6. The molecule has 9 nitrogen and oxygen atoms in total. The van der Waals surface area contributed by atoms with E-state index < -0.39 is 41.2 Å². The van der Waals surface area contributed by atoms with Crippen molar-refractivity contribution in [2.45, 2.75) is 24.9 Å². The highest BCUT2D eigenvalue weighted by molar-refractivity contribution is 6.31. The standard InChI is InChI=1S/C34H29ClN2O7/c1-4-44-31(39)27-26(30(38)42-2)28(32(40)43-3)36-17-16-21-12-8-9-13-23(21)29(36)34(27)24-18-22(35)14-15-25(24)37(33(34)41)19-20-10-6-5-7-11-20/h5-18,27,29H,4,19H2,1-3H3/t27?,29-,34+/m0/s1. The molecule has 3 aliphatic rings. The molecule has 0 aliphatic carbocycles. The lowest BCUT2D eigenvalue weighted by Gasteiger charge is -2.52. The molecule has 6 rings (SSSR count). The van der Waals surface area contributed by atoms with Crippen molar-refractivity contribution in [2.24, 2.45) is 5.92 Å². The van der Waals surface area contributed by atoms with Gasteiger partial charge in [-0.2, -0.15) is 0 Å². The third kappa shape index (κ3) is 4.22. The minimum atomic E-state index is -1.82. The SMILES string of the molecule is CCOC(=O)C1C(C(=O)OC)=C(C(=O)OC)N2C=Cc3ccccc3[C@H]2[C@]12C(=O)N(Cc1ccccc1)c1ccc(Cl)cc12. The van der Waals surface area contributed by atoms with Crippen molar-refractivity contribution in [1.29, 1.82) is 0 Å². The van der Waals surface area contributed by atoms with Crippen LogP contribution >= 0.6 is 11.6 Å². The van der Waals surface area contributed by atoms with Crippen molar-refractivity contribution < 1.29 is 33.4 Å². The molecule has 0 aromatic heterocycles. The minimum absolute atomic E-state index is 0.0391. The lowest BCUT2D eigenvalue weighted by molar-refractivity contribution is -0.158. The van der Waals surface area contributed by atoms with E-state index in [1.165, 1.54) is 7.11 Å². The maximum absolute atomic E-state index is 15.4. The summed E-state index contributed by atoms with van der Waals surface area (Å²) in [5.74, 6) is -4.76. The summed E-state index contributed by atoms with van der Waals surface area (Å²) < 4.78 is 15.9. The van der Waals surface area contributed by atoms with Crippen LogP contribution in [-0.2, 0) is 45.3 Å². The van der Waals surface area contributed by atoms with Gasteiger partial charge in [-0.3, -0.25) is 9.59 Å². The summed E-state index contributed by atoms with van der Waals surface area (Å²) in [6, 6.07) is 20.9. The van der Waals surface area contributed by atoms with Gasteiger partial charge in [0, 0.05) is 16.9 Å². The van der Waals surface area contributed by atoms with E-state index in [1.807, 2.05) is 54.6 Å². The largest absolute Gasteiger partial charge is 0.466 e. The fraction of sp³-hybridized carbons (Fsp3) is 0.235. The van der Waals surface area contributed by atoms with Crippen molar-refractivity contribution in [3.8, 4) is 0 Å². The molecule has 3 aliphatic heterocycles. The van der Waals surface area contributed by atoms with Gasteiger partial charge in [-0.05, 0) is 53.5 Å². The van der Waals surface area contributed by atoms with Crippen LogP contribution in [0.3, 0.4) is 0 Å². The van der Waals surface area contributed by atoms with Gasteiger partial charge in [-0.15, -0.1) is 0 Å². The highest BCUT2D eigenvalue weighted by Gasteiger charge is 2.69. The van der Waals surface area contributed by atoms with Crippen LogP contribution in [-0.4, -0.2) is 49.5 Å². The number of carbonyl (C=O) groups is 4. The van der Waals surface area contributed by atoms with Crippen molar-refractivity contribution in [2.75, 3.05) is 25.7 Å². The first-order valence-corrected chi connectivity index (χ1v) is 14.5. The smallest absolute Gasteiger partial charge is 0.355 e. The van der Waals surface area contributed by atoms with Crippen LogP contribution in [0.5, 0.6) is 0 Å². The summed E-state index contributed by atoms with van der Waals surface area (Å²) >= 11 is 6.62. The molecule has 3 aromatic rings. The minimum Gasteiger partial charge on any atom is -0.466 e. The van der Waals surface area contributed by atoms with Crippen molar-refractivity contribution in [3.05, 3.63) is 118 Å². The molecule has 224 valence electrons. The van der Waals surface area contributed by atoms with Crippen LogP contribution in [0.25, 0.3) is 6.08 Å². The Hall–Kier alpha value is -4.89. The van der Waals surface area contributed by atoms with Gasteiger partial charge in [0.15, 0.2) is 0 Å². The number of hydrogen-bond acceptors (Lipinski definition) is 8. The van der Waals surface area contributed by atoms with E-state index in [9.17, 15) is 14.4 Å². The predicted molar refractivity (Wildman–Crippen MR) is 162 cm³/mol. The maximum atomic E-state index is 15.4. The molecule has 0 bridgehead atoms. The number of hydrogen-bond donors (Lipinski definition) is 0. The van der Waals surface area contributed by atoms with E-state index in [-0.39, 0.29) is 24.4 Å². The predicted octanol–water partition coefficient (Wildman–Crippen LogP) is 4.95. The maximum Gasteiger partial charge on any atom is 0.355 e. The first-order valence-electron chi connectivity index (χ1n) is 14.1. The molecular weight excluding hydrogens is 584 g/mol. The Kier molecular flexibility index (Phi) is 7.51. The number of anilines is 1. The van der Waals surface area contributed by atoms with Crippen molar-refractivity contribution in [3.63, 3.8) is 0 Å². The molecule has 0 saturated carbocycles. The van der Waals surface area contributed by atoms with Crippen LogP contribution in [0, 0.1) is 5.92 Å². The zero-order chi connectivity index (χ0) is 31.2. The first kappa shape index (κ1) is 29.2. The number of nitrogens with zero attached hydrogens (tertiary/aromatic N) is 2. The number of fused-ring (bicyclic) bond motifs is 6. The molecule has 0 fully saturated rings. The molecule has 1 spiro atoms. The third-order valence-electron chi connectivity index (χ3n) is 8.46. The zero-order valence-electron chi connectivity index (χ0n) is 24.3. The highest BCUT2D eigenvalue weighted by Crippen LogP contribution is 2.62. The number of amides is 1. The van der Waals surface area contributed by atoms with Gasteiger partial charge in [0.2, 0.25) is 5.91 Å². The summed E-state index contributed by atoms with van der Waals surface area (Å²) in [4.78, 5) is 60.1. The summed E-state index contributed by atoms with van der Waals surface area (Å²) in [5, 5.41) is 0.327. The van der Waals surface area contributed by atoms with Gasteiger partial charge >= 0.3 is 17.9 Å². The molecule has 0 saturated heterocycles. The van der Waals surface area contributed by atoms with Crippen LogP contribution in [0.1, 0.15) is 35.2 Å². The van der Waals surface area contributed by atoms with Crippen LogP contribution in [0.2, 0.25) is 5.02 Å². The van der Waals surface area contributed by atoms with Crippen molar-refractivity contribution >= 4 is 47.2 Å². The number of ether oxygens (including phenoxy) is 3. The summed E-state index contributed by atoms with van der Waals surface area (Å²) in [6.45, 7) is 1.77. The van der Waals surface area contributed by atoms with Gasteiger partial charge in [-0.25, -0.2) is 9.59 Å². The van der Waals surface area contributed by atoms with E-state index in [0.29, 0.717) is 21.8 Å². The number of methoxy groups -OCH3 is 2. The second-order valence-corrected chi connectivity index (χ2v) is 11.0. The monoisotopic (exact) mass is 612 g/mol. The highest BCUT2D eigenvalue weighted by atomic mass is 35.5. The van der Waals surface area contributed by atoms with Crippen molar-refractivity contribution in [1.82, 2.24) is 4.90 Å². The Balaban J connectivity index is 1.76. The lowest BCUT2D eigenvalue weighted by Crippen LogP contribution is -2.61. The average molecular weight is 613 g/mol. The quantitative estimate of drug-likeness (QED) is 0.285. The summed E-state index contributed by atoms with van der Waals surface area (Å²) in [5.41, 5.74) is 0.876. The second kappa shape index (κ2) is 11.3. The average Bonchev–Trinajstić information content (AvgIpc) is 3.26. The zero-order valence-corrected chi connectivity index (χ0v) is 25.0. The number of esters is 3. The van der Waals surface area contributed by atoms with Crippen LogP contribution < -0.4 is 4.90 Å². The molecule has 0 N–H and O–H groups in total. The molecule has 10 heteroatoms. The van der Waals surface area contributed by atoms with E-state index in [1.54, 1.807) is 47.2 Å². The second-order valence-electron chi connectivity index (χ2n) is 10.6. The Morgan fingerprint density at radius 3 is 2.34 bits per heavy atom. The van der Waals surface area contributed by atoms with E-state index in [2.05, 4.69) is 0 Å². The molecular formula is C34H29ClN2O7. The van der Waals surface area contributed by atoms with Crippen LogP contribution in [0.15, 0.2) is 90.3 Å². The molecule has 1 unspecified atom stereocenters. The lowest BCUT2D eigenvalue weighted by atomic mass is 9.58. The van der Waals surface area contributed by atoms with Gasteiger partial charge in [-0.1, -0.05) is 66.2 Å². The summed E-state index contributed by atoms with van der Waals surface area (Å²) in [7, 11) is 2.33. The topological polar surface area (TPSA) is 102 Å². The van der Waals surface area contributed by atoms with Gasteiger partial charge < -0.3 is 24.0 Å². The van der Waals surface area contributed by atoms with E-state index >= 15 is 4.79 Å². The Labute approximate surface area is 259 Å².